The summed E-state index contributed by atoms with van der Waals surface area (Å²) in [5.41, 5.74) is 0.150. The lowest BCUT2D eigenvalue weighted by Gasteiger charge is -2.13. The van der Waals surface area contributed by atoms with Crippen LogP contribution in [-0.4, -0.2) is 6.54 Å². The summed E-state index contributed by atoms with van der Waals surface area (Å²) in [5.74, 6) is -1.70. The fraction of sp³-hybridized carbons (Fsp3) is 0.417. The third-order valence-corrected chi connectivity index (χ3v) is 3.02. The Morgan fingerprint density at radius 3 is 2.75 bits per heavy atom. The van der Waals surface area contributed by atoms with Gasteiger partial charge in [-0.05, 0) is 25.0 Å². The molecule has 0 atom stereocenters. The van der Waals surface area contributed by atoms with Crippen LogP contribution in [-0.2, 0) is 0 Å². The second kappa shape index (κ2) is 4.09. The number of halogens is 2. The van der Waals surface area contributed by atoms with Gasteiger partial charge in [0.05, 0.1) is 11.8 Å². The average Bonchev–Trinajstić information content (AvgIpc) is 3.02. The molecule has 2 rings (SSSR count). The number of nitrogens with zero attached hydrogens (tertiary/aromatic N) is 1. The zero-order valence-electron chi connectivity index (χ0n) is 8.76. The number of rotatable bonds is 4. The lowest BCUT2D eigenvalue weighted by atomic mass is 10.0. The van der Waals surface area contributed by atoms with Gasteiger partial charge in [0.2, 0.25) is 0 Å². The highest BCUT2D eigenvalue weighted by molar-refractivity contribution is 5.45. The summed E-state index contributed by atoms with van der Waals surface area (Å²) < 4.78 is 26.2. The van der Waals surface area contributed by atoms with Crippen molar-refractivity contribution < 1.29 is 8.78 Å². The van der Waals surface area contributed by atoms with Crippen molar-refractivity contribution in [2.75, 3.05) is 11.9 Å². The smallest absolute Gasteiger partial charge is 0.181 e. The molecule has 2 nitrogen and oxygen atoms in total. The first kappa shape index (κ1) is 10.9. The molecule has 0 unspecified atom stereocenters. The Labute approximate surface area is 92.9 Å². The van der Waals surface area contributed by atoms with E-state index in [4.69, 9.17) is 5.26 Å². The molecule has 1 aromatic rings. The van der Waals surface area contributed by atoms with Crippen LogP contribution in [0.4, 0.5) is 14.5 Å². The molecular weight excluding hydrogens is 210 g/mol. The minimum absolute atomic E-state index is 0.0203. The van der Waals surface area contributed by atoms with Crippen molar-refractivity contribution in [2.45, 2.75) is 19.3 Å². The fourth-order valence-electron chi connectivity index (χ4n) is 1.68. The van der Waals surface area contributed by atoms with Crippen molar-refractivity contribution in [1.29, 1.82) is 5.26 Å². The van der Waals surface area contributed by atoms with Crippen LogP contribution in [0.5, 0.6) is 0 Å². The molecule has 0 aliphatic heterocycles. The zero-order valence-corrected chi connectivity index (χ0v) is 8.76. The molecular formula is C12H12F2N2. The highest BCUT2D eigenvalue weighted by Crippen LogP contribution is 2.48. The summed E-state index contributed by atoms with van der Waals surface area (Å²) in [6.45, 7) is 0.529. The molecule has 0 spiro atoms. The van der Waals surface area contributed by atoms with Gasteiger partial charge in [-0.1, -0.05) is 6.07 Å². The molecule has 1 saturated carbocycles. The molecule has 0 saturated heterocycles. The van der Waals surface area contributed by atoms with Gasteiger partial charge in [0.15, 0.2) is 11.6 Å². The van der Waals surface area contributed by atoms with Gasteiger partial charge in [0.25, 0.3) is 0 Å². The Balaban J connectivity index is 2.00. The zero-order chi connectivity index (χ0) is 11.6. The second-order valence-electron chi connectivity index (χ2n) is 4.29. The van der Waals surface area contributed by atoms with E-state index in [1.165, 1.54) is 12.1 Å². The van der Waals surface area contributed by atoms with E-state index in [0.29, 0.717) is 13.0 Å². The van der Waals surface area contributed by atoms with Crippen LogP contribution in [0.25, 0.3) is 0 Å². The second-order valence-corrected chi connectivity index (χ2v) is 4.29. The highest BCUT2D eigenvalue weighted by Gasteiger charge is 2.42. The summed E-state index contributed by atoms with van der Waals surface area (Å²) in [4.78, 5) is 0. The molecule has 0 heterocycles. The molecule has 1 N–H and O–H groups in total. The quantitative estimate of drug-likeness (QED) is 0.849. The van der Waals surface area contributed by atoms with Gasteiger partial charge in [0.1, 0.15) is 0 Å². The average molecular weight is 222 g/mol. The predicted octanol–water partition coefficient (Wildman–Crippen LogP) is 3.07. The van der Waals surface area contributed by atoms with Crippen LogP contribution in [0.2, 0.25) is 0 Å². The van der Waals surface area contributed by atoms with Crippen LogP contribution >= 0.6 is 0 Å². The van der Waals surface area contributed by atoms with Gasteiger partial charge in [-0.2, -0.15) is 5.26 Å². The van der Waals surface area contributed by atoms with E-state index in [0.717, 1.165) is 18.9 Å². The normalized spacial score (nSPS) is 16.6. The molecule has 1 aromatic carbocycles. The standard InChI is InChI=1S/C12H12F2N2/c13-9-2-1-3-10(11(9)14)16-8-12(4-5-12)6-7-15/h1-3,16H,4-6,8H2. The molecule has 4 heteroatoms. The molecule has 1 aliphatic carbocycles. The van der Waals surface area contributed by atoms with Crippen molar-refractivity contribution in [1.82, 2.24) is 0 Å². The Hall–Kier alpha value is -1.63. The molecule has 16 heavy (non-hydrogen) atoms. The number of benzene rings is 1. The van der Waals surface area contributed by atoms with Gasteiger partial charge < -0.3 is 5.32 Å². The van der Waals surface area contributed by atoms with Crippen LogP contribution in [0.1, 0.15) is 19.3 Å². The van der Waals surface area contributed by atoms with Gasteiger partial charge in [0, 0.05) is 18.4 Å². The van der Waals surface area contributed by atoms with Crippen LogP contribution < -0.4 is 5.32 Å². The molecule has 0 aromatic heterocycles. The summed E-state index contributed by atoms with van der Waals surface area (Å²) in [5, 5.41) is 11.5. The topological polar surface area (TPSA) is 35.8 Å². The minimum Gasteiger partial charge on any atom is -0.382 e. The van der Waals surface area contributed by atoms with Crippen LogP contribution in [0.3, 0.4) is 0 Å². The molecule has 0 radical (unpaired) electrons. The lowest BCUT2D eigenvalue weighted by molar-refractivity contribution is 0.506. The third-order valence-electron chi connectivity index (χ3n) is 3.02. The van der Waals surface area contributed by atoms with Crippen molar-refractivity contribution in [2.24, 2.45) is 5.41 Å². The maximum Gasteiger partial charge on any atom is 0.181 e. The Morgan fingerprint density at radius 2 is 2.12 bits per heavy atom. The SMILES string of the molecule is N#CCC1(CNc2cccc(F)c2F)CC1. The summed E-state index contributed by atoms with van der Waals surface area (Å²) in [7, 11) is 0. The molecule has 1 aliphatic rings. The first-order valence-electron chi connectivity index (χ1n) is 5.22. The maximum absolute atomic E-state index is 13.3. The molecule has 0 amide bonds. The number of hydrogen-bond acceptors (Lipinski definition) is 2. The number of hydrogen-bond donors (Lipinski definition) is 1. The van der Waals surface area contributed by atoms with Gasteiger partial charge in [-0.15, -0.1) is 0 Å². The Morgan fingerprint density at radius 1 is 1.38 bits per heavy atom. The predicted molar refractivity (Wildman–Crippen MR) is 56.7 cm³/mol. The van der Waals surface area contributed by atoms with Gasteiger partial charge in [-0.3, -0.25) is 0 Å². The Kier molecular flexibility index (Phi) is 2.78. The van der Waals surface area contributed by atoms with Crippen molar-refractivity contribution >= 4 is 5.69 Å². The van der Waals surface area contributed by atoms with Crippen molar-refractivity contribution in [3.63, 3.8) is 0 Å². The first-order chi connectivity index (χ1) is 7.67. The van der Waals surface area contributed by atoms with Crippen molar-refractivity contribution in [3.8, 4) is 6.07 Å². The van der Waals surface area contributed by atoms with Crippen LogP contribution in [0.15, 0.2) is 18.2 Å². The molecule has 84 valence electrons. The van der Waals surface area contributed by atoms with E-state index in [2.05, 4.69) is 11.4 Å². The van der Waals surface area contributed by atoms with E-state index in [-0.39, 0.29) is 11.1 Å². The van der Waals surface area contributed by atoms with E-state index < -0.39 is 11.6 Å². The maximum atomic E-state index is 13.3. The number of nitriles is 1. The summed E-state index contributed by atoms with van der Waals surface area (Å²) in [6.07, 6.45) is 2.42. The lowest BCUT2D eigenvalue weighted by Crippen LogP contribution is -2.15. The molecule has 0 bridgehead atoms. The van der Waals surface area contributed by atoms with E-state index in [9.17, 15) is 8.78 Å². The van der Waals surface area contributed by atoms with Gasteiger partial charge in [-0.25, -0.2) is 8.78 Å². The Bertz CT molecular complexity index is 433. The number of nitrogens with one attached hydrogen (secondary N) is 1. The monoisotopic (exact) mass is 222 g/mol. The summed E-state index contributed by atoms with van der Waals surface area (Å²) >= 11 is 0. The third kappa shape index (κ3) is 2.13. The van der Waals surface area contributed by atoms with Crippen molar-refractivity contribution in [3.05, 3.63) is 29.8 Å². The molecule has 1 fully saturated rings. The highest BCUT2D eigenvalue weighted by atomic mass is 19.2. The first-order valence-corrected chi connectivity index (χ1v) is 5.22. The van der Waals surface area contributed by atoms with Crippen LogP contribution in [0, 0.1) is 28.4 Å². The van der Waals surface area contributed by atoms with E-state index >= 15 is 0 Å². The van der Waals surface area contributed by atoms with E-state index in [1.807, 2.05) is 0 Å². The van der Waals surface area contributed by atoms with E-state index in [1.54, 1.807) is 0 Å². The fourth-order valence-corrected chi connectivity index (χ4v) is 1.68. The van der Waals surface area contributed by atoms with Gasteiger partial charge >= 0.3 is 0 Å². The summed E-state index contributed by atoms with van der Waals surface area (Å²) in [6, 6.07) is 6.17. The largest absolute Gasteiger partial charge is 0.382 e. The number of anilines is 1. The minimum atomic E-state index is -0.852.